The predicted octanol–water partition coefficient (Wildman–Crippen LogP) is 3.26. The highest BCUT2D eigenvalue weighted by atomic mass is 32.2. The van der Waals surface area contributed by atoms with Crippen LogP contribution in [-0.2, 0) is 0 Å². The Hall–Kier alpha value is -1.32. The Bertz CT molecular complexity index is 442. The van der Waals surface area contributed by atoms with Gasteiger partial charge >= 0.3 is 0 Å². The topological polar surface area (TPSA) is 38.9 Å². The fourth-order valence-electron chi connectivity index (χ4n) is 1.67. The zero-order valence-electron chi connectivity index (χ0n) is 9.78. The average molecular weight is 244 g/mol. The van der Waals surface area contributed by atoms with Crippen molar-refractivity contribution in [1.82, 2.24) is 4.98 Å². The highest BCUT2D eigenvalue weighted by Gasteiger charge is 2.17. The molecule has 88 valence electrons. The van der Waals surface area contributed by atoms with Gasteiger partial charge in [-0.05, 0) is 30.7 Å². The van der Waals surface area contributed by atoms with Crippen molar-refractivity contribution in [3.63, 3.8) is 0 Å². The van der Waals surface area contributed by atoms with Gasteiger partial charge in [-0.3, -0.25) is 4.98 Å². The molecule has 0 aliphatic heterocycles. The van der Waals surface area contributed by atoms with Crippen molar-refractivity contribution in [1.29, 1.82) is 0 Å². The highest BCUT2D eigenvalue weighted by Crippen LogP contribution is 2.36. The smallest absolute Gasteiger partial charge is 0.0508 e. The minimum Gasteiger partial charge on any atom is -0.327 e. The van der Waals surface area contributed by atoms with Gasteiger partial charge < -0.3 is 5.73 Å². The summed E-state index contributed by atoms with van der Waals surface area (Å²) in [7, 11) is 0. The number of nitrogens with zero attached hydrogens (tertiary/aromatic N) is 1. The predicted molar refractivity (Wildman–Crippen MR) is 72.9 cm³/mol. The van der Waals surface area contributed by atoms with Crippen molar-refractivity contribution in [2.45, 2.75) is 23.1 Å². The van der Waals surface area contributed by atoms with Crippen LogP contribution < -0.4 is 5.73 Å². The molecule has 2 N–H and O–H groups in total. The summed E-state index contributed by atoms with van der Waals surface area (Å²) in [4.78, 5) is 5.40. The second-order valence-corrected chi connectivity index (χ2v) is 5.21. The summed E-state index contributed by atoms with van der Waals surface area (Å²) in [5.74, 6) is 0. The van der Waals surface area contributed by atoms with Gasteiger partial charge in [0.25, 0.3) is 0 Å². The van der Waals surface area contributed by atoms with Gasteiger partial charge in [-0.2, -0.15) is 0 Å². The number of rotatable bonds is 4. The number of benzene rings is 1. The third-order valence-electron chi connectivity index (χ3n) is 2.50. The first-order chi connectivity index (χ1) is 8.27. The molecule has 2 atom stereocenters. The first-order valence-electron chi connectivity index (χ1n) is 5.64. The van der Waals surface area contributed by atoms with Gasteiger partial charge in [-0.25, -0.2) is 0 Å². The molecule has 0 radical (unpaired) electrons. The SMILES string of the molecule is CC(N)C(Sc1ccccc1)c1cccnc1. The number of thioether (sulfide) groups is 1. The standard InChI is InChI=1S/C14H16N2S/c1-11(15)14(12-6-5-9-16-10-12)17-13-7-3-2-4-8-13/h2-11,14H,15H2,1H3. The van der Waals surface area contributed by atoms with Gasteiger partial charge in [0.05, 0.1) is 5.25 Å². The maximum absolute atomic E-state index is 6.07. The summed E-state index contributed by atoms with van der Waals surface area (Å²) in [5, 5.41) is 0.242. The molecule has 2 nitrogen and oxygen atoms in total. The van der Waals surface area contributed by atoms with E-state index in [1.54, 1.807) is 18.0 Å². The van der Waals surface area contributed by atoms with Crippen LogP contribution in [0.5, 0.6) is 0 Å². The normalized spacial score (nSPS) is 14.2. The molecule has 0 bridgehead atoms. The first kappa shape index (κ1) is 12.1. The second-order valence-electron chi connectivity index (χ2n) is 4.00. The van der Waals surface area contributed by atoms with E-state index in [1.165, 1.54) is 10.5 Å². The molecule has 1 aromatic carbocycles. The van der Waals surface area contributed by atoms with Crippen LogP contribution in [0.3, 0.4) is 0 Å². The molecule has 0 fully saturated rings. The Labute approximate surface area is 106 Å². The zero-order chi connectivity index (χ0) is 12.1. The number of aromatic nitrogens is 1. The lowest BCUT2D eigenvalue weighted by atomic mass is 10.1. The monoisotopic (exact) mass is 244 g/mol. The molecule has 0 spiro atoms. The van der Waals surface area contributed by atoms with E-state index >= 15 is 0 Å². The molecule has 0 amide bonds. The Kier molecular flexibility index (Phi) is 4.18. The highest BCUT2D eigenvalue weighted by molar-refractivity contribution is 7.99. The molecule has 17 heavy (non-hydrogen) atoms. The van der Waals surface area contributed by atoms with Crippen molar-refractivity contribution in [3.8, 4) is 0 Å². The number of hydrogen-bond donors (Lipinski definition) is 1. The van der Waals surface area contributed by atoms with E-state index in [-0.39, 0.29) is 11.3 Å². The minimum atomic E-state index is 0.0874. The van der Waals surface area contributed by atoms with Crippen molar-refractivity contribution in [3.05, 3.63) is 60.4 Å². The molecular weight excluding hydrogens is 228 g/mol. The summed E-state index contributed by atoms with van der Waals surface area (Å²) < 4.78 is 0. The third-order valence-corrected chi connectivity index (χ3v) is 4.00. The van der Waals surface area contributed by atoms with Crippen LogP contribution in [0, 0.1) is 0 Å². The van der Waals surface area contributed by atoms with Gasteiger partial charge in [0.15, 0.2) is 0 Å². The zero-order valence-corrected chi connectivity index (χ0v) is 10.6. The van der Waals surface area contributed by atoms with E-state index < -0.39 is 0 Å². The Morgan fingerprint density at radius 3 is 2.47 bits per heavy atom. The van der Waals surface area contributed by atoms with Crippen LogP contribution in [0.2, 0.25) is 0 Å². The quantitative estimate of drug-likeness (QED) is 0.839. The molecule has 1 aromatic heterocycles. The molecule has 2 aromatic rings. The van der Waals surface area contributed by atoms with Crippen LogP contribution in [0.4, 0.5) is 0 Å². The number of nitrogens with two attached hydrogens (primary N) is 1. The molecule has 0 aliphatic carbocycles. The van der Waals surface area contributed by atoms with Crippen LogP contribution in [0.15, 0.2) is 59.8 Å². The number of pyridine rings is 1. The molecule has 0 saturated carbocycles. The maximum Gasteiger partial charge on any atom is 0.0508 e. The average Bonchev–Trinajstić information content (AvgIpc) is 2.38. The summed E-state index contributed by atoms with van der Waals surface area (Å²) in [6.07, 6.45) is 3.68. The molecule has 1 heterocycles. The summed E-state index contributed by atoms with van der Waals surface area (Å²) in [6, 6.07) is 14.5. The number of hydrogen-bond acceptors (Lipinski definition) is 3. The summed E-state index contributed by atoms with van der Waals surface area (Å²) in [5.41, 5.74) is 7.25. The Morgan fingerprint density at radius 1 is 1.12 bits per heavy atom. The lowest BCUT2D eigenvalue weighted by Crippen LogP contribution is -2.22. The van der Waals surface area contributed by atoms with Gasteiger partial charge in [0.2, 0.25) is 0 Å². The maximum atomic E-state index is 6.07. The molecule has 0 saturated heterocycles. The van der Waals surface area contributed by atoms with Crippen molar-refractivity contribution >= 4 is 11.8 Å². The van der Waals surface area contributed by atoms with Crippen LogP contribution >= 0.6 is 11.8 Å². The second kappa shape index (κ2) is 5.84. The van der Waals surface area contributed by atoms with E-state index in [0.717, 1.165) is 0 Å². The first-order valence-corrected chi connectivity index (χ1v) is 6.52. The summed E-state index contributed by atoms with van der Waals surface area (Å²) in [6.45, 7) is 2.04. The van der Waals surface area contributed by atoms with Gasteiger partial charge in [0.1, 0.15) is 0 Å². The molecular formula is C14H16N2S. The lowest BCUT2D eigenvalue weighted by molar-refractivity contribution is 0.719. The Balaban J connectivity index is 2.20. The van der Waals surface area contributed by atoms with Crippen LogP contribution in [-0.4, -0.2) is 11.0 Å². The van der Waals surface area contributed by atoms with Gasteiger partial charge in [-0.1, -0.05) is 24.3 Å². The van der Waals surface area contributed by atoms with Gasteiger partial charge in [0, 0.05) is 23.3 Å². The van der Waals surface area contributed by atoms with Gasteiger partial charge in [-0.15, -0.1) is 11.8 Å². The van der Waals surface area contributed by atoms with Crippen LogP contribution in [0.1, 0.15) is 17.7 Å². The van der Waals surface area contributed by atoms with E-state index in [4.69, 9.17) is 5.73 Å². The van der Waals surface area contributed by atoms with Crippen molar-refractivity contribution in [2.75, 3.05) is 0 Å². The molecule has 3 heteroatoms. The molecule has 2 unspecified atom stereocenters. The van der Waals surface area contributed by atoms with E-state index in [1.807, 2.05) is 37.4 Å². The Morgan fingerprint density at radius 2 is 1.88 bits per heavy atom. The fourth-order valence-corrected chi connectivity index (χ4v) is 2.77. The largest absolute Gasteiger partial charge is 0.327 e. The lowest BCUT2D eigenvalue weighted by Gasteiger charge is -2.20. The molecule has 0 aliphatic rings. The van der Waals surface area contributed by atoms with E-state index in [0.29, 0.717) is 0 Å². The summed E-state index contributed by atoms with van der Waals surface area (Å²) >= 11 is 1.78. The van der Waals surface area contributed by atoms with Crippen LogP contribution in [0.25, 0.3) is 0 Å². The van der Waals surface area contributed by atoms with Crippen molar-refractivity contribution in [2.24, 2.45) is 5.73 Å². The van der Waals surface area contributed by atoms with Crippen molar-refractivity contribution < 1.29 is 0 Å². The minimum absolute atomic E-state index is 0.0874. The molecule has 2 rings (SSSR count). The van der Waals surface area contributed by atoms with E-state index in [2.05, 4.69) is 23.2 Å². The van der Waals surface area contributed by atoms with E-state index in [9.17, 15) is 0 Å². The third kappa shape index (κ3) is 3.32. The fraction of sp³-hybridized carbons (Fsp3) is 0.214.